The quantitative estimate of drug-likeness (QED) is 0.136. The van der Waals surface area contributed by atoms with Crippen LogP contribution in [0.3, 0.4) is 0 Å². The molecule has 1 heterocycles. The molecule has 0 bridgehead atoms. The van der Waals surface area contributed by atoms with Crippen LogP contribution in [-0.2, 0) is 0 Å². The molecule has 0 saturated heterocycles. The summed E-state index contributed by atoms with van der Waals surface area (Å²) in [6, 6.07) is 44.5. The lowest BCUT2D eigenvalue weighted by Crippen LogP contribution is -2.50. The SMILES string of the molecule is Bc1c(B)c(B)c2c(-c3cc4ccccc4c4ccccc34)c3c(B)c(B)c(B)c(B)c3c(-c3ccc(-c4cccc5oc6ccccc6c45)cc3)c2c1B. The minimum atomic E-state index is 0.922. The maximum Gasteiger partial charge on any atom is 0.139 e. The zero-order chi connectivity index (χ0) is 37.9. The standard InChI is InChI=1S/C46H36B8O/c47-39-35-32(22-18-16-21(17-19-22)25-13-7-15-31-33(25)28-12-5-6-14-30(28)55-31)36-38(42(50)46(54)44(52)40(36)48)34(37(35)41(49)45(53)43(39)51)29-20-23-8-1-2-9-24(23)26-10-3-4-11-27(26)29/h1-20H,47-54H2. The molecular formula is C46H36B8O. The lowest BCUT2D eigenvalue weighted by molar-refractivity contribution is 0.669. The van der Waals surface area contributed by atoms with Crippen molar-refractivity contribution in [3.8, 4) is 33.4 Å². The number of furan rings is 1. The third kappa shape index (κ3) is 4.78. The highest BCUT2D eigenvalue weighted by atomic mass is 16.3. The molecule has 0 atom stereocenters. The molecule has 1 nitrogen and oxygen atoms in total. The van der Waals surface area contributed by atoms with Crippen molar-refractivity contribution in [1.29, 1.82) is 0 Å². The van der Waals surface area contributed by atoms with E-state index in [2.05, 4.69) is 178 Å². The van der Waals surface area contributed by atoms with Gasteiger partial charge in [-0.05, 0) is 94.7 Å². The number of rotatable bonds is 3. The van der Waals surface area contributed by atoms with Gasteiger partial charge in [-0.25, -0.2) is 0 Å². The van der Waals surface area contributed by atoms with Crippen LogP contribution >= 0.6 is 0 Å². The molecule has 0 aliphatic rings. The smallest absolute Gasteiger partial charge is 0.139 e. The van der Waals surface area contributed by atoms with Crippen molar-refractivity contribution in [3.05, 3.63) is 121 Å². The van der Waals surface area contributed by atoms with Crippen LogP contribution in [0.4, 0.5) is 0 Å². The van der Waals surface area contributed by atoms with Gasteiger partial charge in [0.25, 0.3) is 0 Å². The molecule has 0 saturated carbocycles. The van der Waals surface area contributed by atoms with Crippen molar-refractivity contribution in [3.63, 3.8) is 0 Å². The van der Waals surface area contributed by atoms with Crippen LogP contribution in [-0.4, -0.2) is 62.8 Å². The van der Waals surface area contributed by atoms with Gasteiger partial charge >= 0.3 is 0 Å². The van der Waals surface area contributed by atoms with E-state index in [-0.39, 0.29) is 0 Å². The summed E-state index contributed by atoms with van der Waals surface area (Å²) < 4.78 is 6.29. The minimum absolute atomic E-state index is 0.922. The normalized spacial score (nSPS) is 11.9. The third-order valence-electron chi connectivity index (χ3n) is 13.3. The van der Waals surface area contributed by atoms with Crippen molar-refractivity contribution >= 4 is 172 Å². The van der Waals surface area contributed by atoms with Crippen LogP contribution in [0, 0.1) is 0 Å². The van der Waals surface area contributed by atoms with Gasteiger partial charge in [-0.15, -0.1) is 21.9 Å². The second-order valence-electron chi connectivity index (χ2n) is 15.8. The molecule has 0 N–H and O–H groups in total. The maximum absolute atomic E-state index is 6.29. The highest BCUT2D eigenvalue weighted by molar-refractivity contribution is 6.71. The Kier molecular flexibility index (Phi) is 7.66. The van der Waals surface area contributed by atoms with Crippen LogP contribution in [0.25, 0.3) is 98.4 Å². The van der Waals surface area contributed by atoms with Gasteiger partial charge in [0.1, 0.15) is 73.9 Å². The van der Waals surface area contributed by atoms with E-state index in [1.54, 1.807) is 0 Å². The average molecular weight is 691 g/mol. The summed E-state index contributed by atoms with van der Waals surface area (Å²) in [7, 11) is 18.7. The highest BCUT2D eigenvalue weighted by Crippen LogP contribution is 2.45. The number of benzene rings is 9. The van der Waals surface area contributed by atoms with E-state index in [4.69, 9.17) is 4.42 Å². The summed E-state index contributed by atoms with van der Waals surface area (Å²) in [5.74, 6) is 0. The lowest BCUT2D eigenvalue weighted by atomic mass is 9.59. The van der Waals surface area contributed by atoms with Crippen LogP contribution < -0.4 is 43.7 Å². The van der Waals surface area contributed by atoms with E-state index in [1.165, 1.54) is 126 Å². The molecule has 0 fully saturated rings. The van der Waals surface area contributed by atoms with Gasteiger partial charge in [-0.1, -0.05) is 125 Å². The Labute approximate surface area is 329 Å². The van der Waals surface area contributed by atoms with Gasteiger partial charge in [0.15, 0.2) is 0 Å². The Morgan fingerprint density at radius 3 is 1.40 bits per heavy atom. The van der Waals surface area contributed by atoms with Gasteiger partial charge in [-0.3, -0.25) is 0 Å². The molecule has 0 radical (unpaired) electrons. The van der Waals surface area contributed by atoms with Crippen molar-refractivity contribution in [2.45, 2.75) is 0 Å². The van der Waals surface area contributed by atoms with Gasteiger partial charge in [0.05, 0.1) is 0 Å². The molecule has 0 aliphatic carbocycles. The van der Waals surface area contributed by atoms with Crippen LogP contribution in [0.2, 0.25) is 0 Å². The van der Waals surface area contributed by atoms with Gasteiger partial charge in [-0.2, -0.15) is 0 Å². The maximum atomic E-state index is 6.29. The predicted molar refractivity (Wildman–Crippen MR) is 265 cm³/mol. The van der Waals surface area contributed by atoms with E-state index in [0.29, 0.717) is 0 Å². The monoisotopic (exact) mass is 692 g/mol. The van der Waals surface area contributed by atoms with Gasteiger partial charge < -0.3 is 4.42 Å². The molecule has 9 heteroatoms. The molecule has 10 rings (SSSR count). The Bertz CT molecular complexity index is 3210. The van der Waals surface area contributed by atoms with Gasteiger partial charge in [0, 0.05) is 10.8 Å². The summed E-state index contributed by atoms with van der Waals surface area (Å²) in [6.07, 6.45) is 0. The largest absolute Gasteiger partial charge is 0.456 e. The number of hydrogen-bond acceptors (Lipinski definition) is 1. The molecule has 250 valence electrons. The molecule has 0 amide bonds. The second-order valence-corrected chi connectivity index (χ2v) is 15.8. The third-order valence-corrected chi connectivity index (χ3v) is 13.3. The topological polar surface area (TPSA) is 13.1 Å². The fraction of sp³-hybridized carbons (Fsp3) is 0. The van der Waals surface area contributed by atoms with Crippen LogP contribution in [0.15, 0.2) is 126 Å². The molecule has 0 aliphatic heterocycles. The van der Waals surface area contributed by atoms with Crippen LogP contribution in [0.1, 0.15) is 0 Å². The first-order valence-corrected chi connectivity index (χ1v) is 19.5. The Morgan fingerprint density at radius 2 is 0.782 bits per heavy atom. The second kappa shape index (κ2) is 12.4. The Balaban J connectivity index is 1.37. The average Bonchev–Trinajstić information content (AvgIpc) is 3.61. The fourth-order valence-electron chi connectivity index (χ4n) is 9.78. The van der Waals surface area contributed by atoms with E-state index in [1.807, 2.05) is 6.07 Å². The summed E-state index contributed by atoms with van der Waals surface area (Å²) >= 11 is 0. The van der Waals surface area contributed by atoms with Crippen molar-refractivity contribution in [2.24, 2.45) is 0 Å². The summed E-state index contributed by atoms with van der Waals surface area (Å²) in [5, 5.41) is 13.0. The summed E-state index contributed by atoms with van der Waals surface area (Å²) in [4.78, 5) is 0. The molecule has 1 aromatic heterocycles. The van der Waals surface area contributed by atoms with Crippen molar-refractivity contribution < 1.29 is 4.42 Å². The summed E-state index contributed by atoms with van der Waals surface area (Å²) in [6.45, 7) is 0. The fourth-order valence-corrected chi connectivity index (χ4v) is 9.78. The zero-order valence-corrected chi connectivity index (χ0v) is 33.0. The Hall–Kier alpha value is -5.66. The van der Waals surface area contributed by atoms with Crippen molar-refractivity contribution in [2.75, 3.05) is 0 Å². The molecule has 0 unspecified atom stereocenters. The molecular weight excluding hydrogens is 655 g/mol. The van der Waals surface area contributed by atoms with Gasteiger partial charge in [0.2, 0.25) is 0 Å². The first-order chi connectivity index (χ1) is 26.7. The molecule has 0 spiro atoms. The van der Waals surface area contributed by atoms with E-state index in [0.717, 1.165) is 16.6 Å². The first kappa shape index (κ1) is 33.9. The van der Waals surface area contributed by atoms with E-state index in [9.17, 15) is 0 Å². The molecule has 55 heavy (non-hydrogen) atoms. The van der Waals surface area contributed by atoms with E-state index >= 15 is 0 Å². The van der Waals surface area contributed by atoms with E-state index < -0.39 is 0 Å². The molecule has 9 aromatic carbocycles. The predicted octanol–water partition coefficient (Wildman–Crippen LogP) is -0.733. The van der Waals surface area contributed by atoms with Crippen LogP contribution in [0.5, 0.6) is 0 Å². The number of hydrogen-bond donors (Lipinski definition) is 0. The minimum Gasteiger partial charge on any atom is -0.456 e. The zero-order valence-electron chi connectivity index (χ0n) is 33.0. The first-order valence-electron chi connectivity index (χ1n) is 19.5. The Morgan fingerprint density at radius 1 is 0.309 bits per heavy atom. The lowest BCUT2D eigenvalue weighted by Gasteiger charge is -2.28. The molecule has 10 aromatic rings. The summed E-state index contributed by atoms with van der Waals surface area (Å²) in [5.41, 5.74) is 20.4. The number of para-hydroxylation sites is 1. The van der Waals surface area contributed by atoms with Crippen molar-refractivity contribution in [1.82, 2.24) is 0 Å². The highest BCUT2D eigenvalue weighted by Gasteiger charge is 2.26. The number of fused-ring (bicyclic) bond motifs is 8.